The highest BCUT2D eigenvalue weighted by Gasteiger charge is 2.46. The summed E-state index contributed by atoms with van der Waals surface area (Å²) in [5, 5.41) is 11.5. The molecule has 0 amide bonds. The molecule has 1 aromatic carbocycles. The number of benzene rings is 1. The van der Waals surface area contributed by atoms with Crippen molar-refractivity contribution in [2.75, 3.05) is 5.32 Å². The molecule has 0 unspecified atom stereocenters. The van der Waals surface area contributed by atoms with Gasteiger partial charge in [-0.15, -0.1) is 0 Å². The molecule has 4 rings (SSSR count). The Labute approximate surface area is 185 Å². The smallest absolute Gasteiger partial charge is 0.412 e. The van der Waals surface area contributed by atoms with Gasteiger partial charge in [0.2, 0.25) is 0 Å². The third-order valence-electron chi connectivity index (χ3n) is 4.89. The van der Waals surface area contributed by atoms with Crippen molar-refractivity contribution in [3.05, 3.63) is 102 Å². The fourth-order valence-corrected chi connectivity index (χ4v) is 3.44. The second kappa shape index (κ2) is 8.38. The lowest BCUT2D eigenvalue weighted by Crippen LogP contribution is -2.45. The number of alkyl halides is 3. The number of carboxylic acids is 1. The van der Waals surface area contributed by atoms with Crippen LogP contribution in [-0.2, 0) is 0 Å². The van der Waals surface area contributed by atoms with Crippen LogP contribution in [0.25, 0.3) is 5.70 Å². The fourth-order valence-electron chi connectivity index (χ4n) is 3.44. The standard InChI is InChI=1S/C23H16F4N4O2/c1-13-10-18(14-6-3-2-4-7-14)30-21-16(11-15(24)12-31(13)21)20(23(25,26)27)29-17-8-5-9-28-19(17)22(32)33/h2-12,20,29H,1H2,(H,32,33)/t20-/m0/s1. The average Bonchev–Trinajstić information content (AvgIpc) is 2.77. The summed E-state index contributed by atoms with van der Waals surface area (Å²) in [7, 11) is 0. The Morgan fingerprint density at radius 2 is 1.85 bits per heavy atom. The number of hydrogen-bond acceptors (Lipinski definition) is 5. The molecule has 0 radical (unpaired) electrons. The summed E-state index contributed by atoms with van der Waals surface area (Å²) in [6.07, 6.45) is -0.543. The van der Waals surface area contributed by atoms with E-state index in [9.17, 15) is 27.5 Å². The van der Waals surface area contributed by atoms with Crippen LogP contribution in [0.15, 0.2) is 95.7 Å². The van der Waals surface area contributed by atoms with E-state index in [4.69, 9.17) is 0 Å². The number of aromatic nitrogens is 1. The molecule has 2 N–H and O–H groups in total. The van der Waals surface area contributed by atoms with Crippen molar-refractivity contribution in [1.29, 1.82) is 0 Å². The van der Waals surface area contributed by atoms with Gasteiger partial charge < -0.3 is 10.4 Å². The Morgan fingerprint density at radius 1 is 1.12 bits per heavy atom. The van der Waals surface area contributed by atoms with Gasteiger partial charge in [-0.25, -0.2) is 19.2 Å². The van der Waals surface area contributed by atoms with Crippen LogP contribution in [0.1, 0.15) is 16.1 Å². The zero-order chi connectivity index (χ0) is 23.8. The maximum absolute atomic E-state index is 14.4. The van der Waals surface area contributed by atoms with Crippen LogP contribution in [0.3, 0.4) is 0 Å². The van der Waals surface area contributed by atoms with Crippen LogP contribution in [-0.4, -0.2) is 39.0 Å². The molecule has 0 saturated carbocycles. The van der Waals surface area contributed by atoms with E-state index in [0.717, 1.165) is 29.4 Å². The first-order valence-electron chi connectivity index (χ1n) is 9.60. The zero-order valence-corrected chi connectivity index (χ0v) is 16.8. The van der Waals surface area contributed by atoms with Gasteiger partial charge in [0.15, 0.2) is 11.7 Å². The number of halogens is 4. The molecule has 0 saturated heterocycles. The second-order valence-corrected chi connectivity index (χ2v) is 7.13. The lowest BCUT2D eigenvalue weighted by Gasteiger charge is -2.35. The van der Waals surface area contributed by atoms with E-state index in [-0.39, 0.29) is 17.2 Å². The molecule has 168 valence electrons. The van der Waals surface area contributed by atoms with Gasteiger partial charge in [0.25, 0.3) is 0 Å². The zero-order valence-electron chi connectivity index (χ0n) is 16.8. The number of anilines is 1. The number of fused-ring (bicyclic) bond motifs is 1. The van der Waals surface area contributed by atoms with Gasteiger partial charge in [0.1, 0.15) is 11.7 Å². The van der Waals surface area contributed by atoms with Crippen LogP contribution < -0.4 is 5.32 Å². The normalized spacial score (nSPS) is 16.7. The number of aromatic carboxylic acids is 1. The summed E-state index contributed by atoms with van der Waals surface area (Å²) < 4.78 is 57.0. The van der Waals surface area contributed by atoms with E-state index < -0.39 is 35.3 Å². The minimum atomic E-state index is -4.93. The highest BCUT2D eigenvalue weighted by atomic mass is 19.4. The van der Waals surface area contributed by atoms with Crippen LogP contribution in [0, 0.1) is 0 Å². The van der Waals surface area contributed by atoms with Crippen molar-refractivity contribution in [3.63, 3.8) is 0 Å². The highest BCUT2D eigenvalue weighted by molar-refractivity contribution is 6.07. The molecular weight excluding hydrogens is 440 g/mol. The molecule has 10 heteroatoms. The first-order chi connectivity index (χ1) is 15.6. The second-order valence-electron chi connectivity index (χ2n) is 7.13. The van der Waals surface area contributed by atoms with E-state index in [1.54, 1.807) is 30.3 Å². The summed E-state index contributed by atoms with van der Waals surface area (Å²) in [4.78, 5) is 20.5. The lowest BCUT2D eigenvalue weighted by molar-refractivity contribution is -0.133. The number of amidine groups is 1. The number of nitrogens with zero attached hydrogens (tertiary/aromatic N) is 3. The molecule has 2 aliphatic rings. The molecule has 0 bridgehead atoms. The molecule has 2 aliphatic heterocycles. The van der Waals surface area contributed by atoms with Crippen molar-refractivity contribution in [3.8, 4) is 0 Å². The average molecular weight is 456 g/mol. The van der Waals surface area contributed by atoms with Crippen LogP contribution in [0.4, 0.5) is 23.2 Å². The predicted molar refractivity (Wildman–Crippen MR) is 115 cm³/mol. The Hall–Kier alpha value is -4.21. The quantitative estimate of drug-likeness (QED) is 0.609. The summed E-state index contributed by atoms with van der Waals surface area (Å²) in [6.45, 7) is 3.83. The van der Waals surface area contributed by atoms with Crippen LogP contribution in [0.5, 0.6) is 0 Å². The Morgan fingerprint density at radius 3 is 2.52 bits per heavy atom. The van der Waals surface area contributed by atoms with Crippen LogP contribution in [0.2, 0.25) is 0 Å². The van der Waals surface area contributed by atoms with E-state index in [1.807, 2.05) is 0 Å². The van der Waals surface area contributed by atoms with E-state index in [2.05, 4.69) is 21.9 Å². The SMILES string of the molecule is C=C1C=C(c2ccccc2)N=C2C([C@H](Nc3cccnc3C(=O)O)C(F)(F)F)=CC(F)=CN12. The maximum atomic E-state index is 14.4. The molecule has 1 atom stereocenters. The minimum Gasteiger partial charge on any atom is -0.476 e. The number of carboxylic acid groups (broad SMARTS) is 1. The first kappa shape index (κ1) is 22.0. The summed E-state index contributed by atoms with van der Waals surface area (Å²) in [5.74, 6) is -2.64. The Balaban J connectivity index is 1.82. The molecule has 0 fully saturated rings. The number of rotatable bonds is 5. The summed E-state index contributed by atoms with van der Waals surface area (Å²) >= 11 is 0. The highest BCUT2D eigenvalue weighted by Crippen LogP contribution is 2.37. The lowest BCUT2D eigenvalue weighted by atomic mass is 9.98. The molecular formula is C23H16F4N4O2. The number of nitrogens with one attached hydrogen (secondary N) is 1. The maximum Gasteiger partial charge on any atom is 0.412 e. The van der Waals surface area contributed by atoms with Gasteiger partial charge in [0.05, 0.1) is 11.4 Å². The molecule has 2 aromatic rings. The van der Waals surface area contributed by atoms with E-state index >= 15 is 0 Å². The van der Waals surface area contributed by atoms with Gasteiger partial charge in [0, 0.05) is 29.2 Å². The van der Waals surface area contributed by atoms with Gasteiger partial charge in [-0.1, -0.05) is 36.9 Å². The third kappa shape index (κ3) is 4.40. The topological polar surface area (TPSA) is 77.8 Å². The fraction of sp³-hybridized carbons (Fsp3) is 0.0870. The third-order valence-corrected chi connectivity index (χ3v) is 4.89. The number of carbonyl (C=O) groups is 1. The van der Waals surface area contributed by atoms with Gasteiger partial charge in [-0.3, -0.25) is 4.90 Å². The van der Waals surface area contributed by atoms with Gasteiger partial charge in [-0.2, -0.15) is 13.2 Å². The van der Waals surface area contributed by atoms with Crippen molar-refractivity contribution >= 4 is 23.2 Å². The molecule has 33 heavy (non-hydrogen) atoms. The Bertz CT molecular complexity index is 1250. The molecule has 3 heterocycles. The monoisotopic (exact) mass is 456 g/mol. The Kier molecular flexibility index (Phi) is 5.59. The number of allylic oxidation sites excluding steroid dienone is 3. The number of aliphatic imine (C=N–C) groups is 1. The van der Waals surface area contributed by atoms with Crippen molar-refractivity contribution in [2.45, 2.75) is 12.2 Å². The predicted octanol–water partition coefficient (Wildman–Crippen LogP) is 5.14. The van der Waals surface area contributed by atoms with Crippen molar-refractivity contribution < 1.29 is 27.5 Å². The first-order valence-corrected chi connectivity index (χ1v) is 9.60. The largest absolute Gasteiger partial charge is 0.476 e. The van der Waals surface area contributed by atoms with Gasteiger partial charge >= 0.3 is 12.1 Å². The van der Waals surface area contributed by atoms with Crippen LogP contribution >= 0.6 is 0 Å². The summed E-state index contributed by atoms with van der Waals surface area (Å²) in [6, 6.07) is 8.70. The van der Waals surface area contributed by atoms with E-state index in [0.29, 0.717) is 11.3 Å². The summed E-state index contributed by atoms with van der Waals surface area (Å²) in [5.41, 5.74) is -0.308. The van der Waals surface area contributed by atoms with Crippen molar-refractivity contribution in [2.24, 2.45) is 4.99 Å². The van der Waals surface area contributed by atoms with Crippen molar-refractivity contribution in [1.82, 2.24) is 9.88 Å². The number of pyridine rings is 1. The molecule has 6 nitrogen and oxygen atoms in total. The molecule has 0 aliphatic carbocycles. The molecule has 1 aromatic heterocycles. The van der Waals surface area contributed by atoms with Gasteiger partial charge in [-0.05, 0) is 24.3 Å². The minimum absolute atomic E-state index is 0.182. The number of hydrogen-bond donors (Lipinski definition) is 2. The molecule has 0 spiro atoms. The van der Waals surface area contributed by atoms with E-state index in [1.165, 1.54) is 12.1 Å².